The van der Waals surface area contributed by atoms with Crippen molar-refractivity contribution in [3.63, 3.8) is 0 Å². The van der Waals surface area contributed by atoms with Crippen LogP contribution in [0.5, 0.6) is 0 Å². The van der Waals surface area contributed by atoms with Crippen molar-refractivity contribution in [2.75, 3.05) is 0 Å². The lowest BCUT2D eigenvalue weighted by molar-refractivity contribution is 0.101. The summed E-state index contributed by atoms with van der Waals surface area (Å²) in [7, 11) is 1.81. The summed E-state index contributed by atoms with van der Waals surface area (Å²) in [6.45, 7) is 1.51. The summed E-state index contributed by atoms with van der Waals surface area (Å²) in [4.78, 5) is 11.4. The summed E-state index contributed by atoms with van der Waals surface area (Å²) in [6.07, 6.45) is 0. The van der Waals surface area contributed by atoms with E-state index in [0.717, 1.165) is 10.9 Å². The number of halogens is 2. The SMILES string of the molecule is CC(=O)c1c(Cl)n(C)c2cc(Cl)ccc12. The van der Waals surface area contributed by atoms with Gasteiger partial charge in [0.25, 0.3) is 0 Å². The van der Waals surface area contributed by atoms with Gasteiger partial charge in [-0.05, 0) is 19.1 Å². The first-order valence-corrected chi connectivity index (χ1v) is 5.22. The molecule has 0 saturated carbocycles. The van der Waals surface area contributed by atoms with Gasteiger partial charge in [-0.2, -0.15) is 0 Å². The third-order valence-corrected chi connectivity index (χ3v) is 3.12. The lowest BCUT2D eigenvalue weighted by Gasteiger charge is -1.96. The Morgan fingerprint density at radius 3 is 2.60 bits per heavy atom. The van der Waals surface area contributed by atoms with Crippen molar-refractivity contribution in [1.82, 2.24) is 4.57 Å². The first kappa shape index (κ1) is 10.5. The maximum absolute atomic E-state index is 11.4. The van der Waals surface area contributed by atoms with E-state index in [4.69, 9.17) is 23.2 Å². The zero-order valence-electron chi connectivity index (χ0n) is 8.34. The van der Waals surface area contributed by atoms with Gasteiger partial charge in [-0.15, -0.1) is 0 Å². The smallest absolute Gasteiger partial charge is 0.163 e. The molecule has 15 heavy (non-hydrogen) atoms. The molecule has 2 rings (SSSR count). The van der Waals surface area contributed by atoms with Crippen LogP contribution >= 0.6 is 23.2 Å². The van der Waals surface area contributed by atoms with Crippen molar-refractivity contribution in [2.24, 2.45) is 7.05 Å². The summed E-state index contributed by atoms with van der Waals surface area (Å²) in [6, 6.07) is 5.38. The molecule has 0 amide bonds. The van der Waals surface area contributed by atoms with E-state index < -0.39 is 0 Å². The molecule has 0 radical (unpaired) electrons. The van der Waals surface area contributed by atoms with Crippen LogP contribution in [-0.2, 0) is 7.05 Å². The van der Waals surface area contributed by atoms with E-state index in [2.05, 4.69) is 0 Å². The lowest BCUT2D eigenvalue weighted by Crippen LogP contribution is -1.92. The van der Waals surface area contributed by atoms with E-state index >= 15 is 0 Å². The number of aryl methyl sites for hydroxylation is 1. The summed E-state index contributed by atoms with van der Waals surface area (Å²) in [5, 5.41) is 1.94. The molecule has 1 aromatic carbocycles. The molecule has 0 aliphatic carbocycles. The monoisotopic (exact) mass is 241 g/mol. The average molecular weight is 242 g/mol. The maximum atomic E-state index is 11.4. The van der Waals surface area contributed by atoms with Gasteiger partial charge in [0.15, 0.2) is 5.78 Å². The highest BCUT2D eigenvalue weighted by atomic mass is 35.5. The van der Waals surface area contributed by atoms with Gasteiger partial charge in [-0.1, -0.05) is 29.3 Å². The van der Waals surface area contributed by atoms with Gasteiger partial charge in [0.1, 0.15) is 5.15 Å². The van der Waals surface area contributed by atoms with Crippen LogP contribution in [0.25, 0.3) is 10.9 Å². The molecule has 2 aromatic rings. The fourth-order valence-corrected chi connectivity index (χ4v) is 2.21. The number of rotatable bonds is 1. The molecule has 2 nitrogen and oxygen atoms in total. The molecule has 1 aromatic heterocycles. The molecule has 0 bridgehead atoms. The van der Waals surface area contributed by atoms with Crippen LogP contribution < -0.4 is 0 Å². The third-order valence-electron chi connectivity index (χ3n) is 2.44. The Morgan fingerprint density at radius 1 is 1.33 bits per heavy atom. The summed E-state index contributed by atoms with van der Waals surface area (Å²) in [5.74, 6) is -0.0343. The van der Waals surface area contributed by atoms with Gasteiger partial charge < -0.3 is 4.57 Å². The highest BCUT2D eigenvalue weighted by Gasteiger charge is 2.16. The second-order valence-corrected chi connectivity index (χ2v) is 4.24. The number of fused-ring (bicyclic) bond motifs is 1. The van der Waals surface area contributed by atoms with Crippen LogP contribution in [0.4, 0.5) is 0 Å². The first-order valence-electron chi connectivity index (χ1n) is 4.46. The van der Waals surface area contributed by atoms with Crippen molar-refractivity contribution in [1.29, 1.82) is 0 Å². The van der Waals surface area contributed by atoms with Crippen LogP contribution in [0, 0.1) is 0 Å². The van der Waals surface area contributed by atoms with Gasteiger partial charge in [0.2, 0.25) is 0 Å². The first-order chi connectivity index (χ1) is 7.02. The van der Waals surface area contributed by atoms with E-state index in [1.54, 1.807) is 16.7 Å². The minimum Gasteiger partial charge on any atom is -0.334 e. The van der Waals surface area contributed by atoms with E-state index in [1.165, 1.54) is 6.92 Å². The molecule has 0 fully saturated rings. The second kappa shape index (κ2) is 3.54. The standard InChI is InChI=1S/C11H9Cl2NO/c1-6(15)10-8-4-3-7(12)5-9(8)14(2)11(10)13/h3-5H,1-2H3. The molecule has 78 valence electrons. The van der Waals surface area contributed by atoms with Crippen LogP contribution in [0.1, 0.15) is 17.3 Å². The molecule has 0 unspecified atom stereocenters. The van der Waals surface area contributed by atoms with E-state index in [0.29, 0.717) is 15.7 Å². The van der Waals surface area contributed by atoms with Crippen molar-refractivity contribution >= 4 is 39.9 Å². The number of carbonyl (C=O) groups excluding carboxylic acids is 1. The van der Waals surface area contributed by atoms with Crippen LogP contribution in [0.15, 0.2) is 18.2 Å². The molecule has 0 aliphatic heterocycles. The van der Waals surface area contributed by atoms with Crippen LogP contribution in [0.3, 0.4) is 0 Å². The van der Waals surface area contributed by atoms with Gasteiger partial charge in [0.05, 0.1) is 11.1 Å². The number of hydrogen-bond donors (Lipinski definition) is 0. The minimum atomic E-state index is -0.0343. The predicted molar refractivity (Wildman–Crippen MR) is 62.9 cm³/mol. The number of ketones is 1. The Kier molecular flexibility index (Phi) is 2.49. The Morgan fingerprint density at radius 2 is 2.00 bits per heavy atom. The Hall–Kier alpha value is -0.990. The quantitative estimate of drug-likeness (QED) is 0.699. The largest absolute Gasteiger partial charge is 0.334 e. The zero-order valence-corrected chi connectivity index (χ0v) is 9.86. The number of hydrogen-bond acceptors (Lipinski definition) is 1. The normalized spacial score (nSPS) is 10.9. The van der Waals surface area contributed by atoms with E-state index in [-0.39, 0.29) is 5.78 Å². The average Bonchev–Trinajstić information content (AvgIpc) is 2.41. The molecule has 4 heteroatoms. The molecule has 0 spiro atoms. The second-order valence-electron chi connectivity index (χ2n) is 3.44. The Bertz CT molecular complexity index is 557. The number of benzene rings is 1. The van der Waals surface area contributed by atoms with Gasteiger partial charge in [-0.3, -0.25) is 4.79 Å². The van der Waals surface area contributed by atoms with E-state index in [9.17, 15) is 4.79 Å². The molecule has 0 aliphatic rings. The number of Topliss-reactive ketones (excluding diaryl/α,β-unsaturated/α-hetero) is 1. The topological polar surface area (TPSA) is 22.0 Å². The predicted octanol–water partition coefficient (Wildman–Crippen LogP) is 3.69. The van der Waals surface area contributed by atoms with Crippen molar-refractivity contribution in [3.05, 3.63) is 33.9 Å². The Labute approximate surface area is 97.4 Å². The lowest BCUT2D eigenvalue weighted by atomic mass is 10.1. The van der Waals surface area contributed by atoms with Gasteiger partial charge in [0, 0.05) is 17.5 Å². The number of aromatic nitrogens is 1. The van der Waals surface area contributed by atoms with Crippen molar-refractivity contribution < 1.29 is 4.79 Å². The van der Waals surface area contributed by atoms with Gasteiger partial charge >= 0.3 is 0 Å². The van der Waals surface area contributed by atoms with Crippen molar-refractivity contribution in [2.45, 2.75) is 6.92 Å². The fourth-order valence-electron chi connectivity index (χ4n) is 1.71. The number of carbonyl (C=O) groups is 1. The third kappa shape index (κ3) is 1.54. The van der Waals surface area contributed by atoms with Gasteiger partial charge in [-0.25, -0.2) is 0 Å². The molecular formula is C11H9Cl2NO. The maximum Gasteiger partial charge on any atom is 0.163 e. The molecular weight excluding hydrogens is 233 g/mol. The molecule has 0 saturated heterocycles. The Balaban J connectivity index is 2.93. The van der Waals surface area contributed by atoms with Crippen LogP contribution in [0.2, 0.25) is 10.2 Å². The highest BCUT2D eigenvalue weighted by molar-refractivity contribution is 6.36. The fraction of sp³-hybridized carbons (Fsp3) is 0.182. The summed E-state index contributed by atoms with van der Waals surface area (Å²) < 4.78 is 1.76. The molecule has 0 N–H and O–H groups in total. The summed E-state index contributed by atoms with van der Waals surface area (Å²) in [5.41, 5.74) is 1.43. The minimum absolute atomic E-state index is 0.0343. The zero-order chi connectivity index (χ0) is 11.2. The molecule has 0 atom stereocenters. The van der Waals surface area contributed by atoms with Crippen molar-refractivity contribution in [3.8, 4) is 0 Å². The van der Waals surface area contributed by atoms with E-state index in [1.807, 2.05) is 13.1 Å². The highest BCUT2D eigenvalue weighted by Crippen LogP contribution is 2.31. The number of nitrogens with zero attached hydrogens (tertiary/aromatic N) is 1. The summed E-state index contributed by atoms with van der Waals surface area (Å²) >= 11 is 12.0. The van der Waals surface area contributed by atoms with Crippen LogP contribution in [-0.4, -0.2) is 10.4 Å². The molecule has 1 heterocycles.